The first kappa shape index (κ1) is 17.9. The first-order valence-electron chi connectivity index (χ1n) is 9.03. The Kier molecular flexibility index (Phi) is 3.79. The van der Waals surface area contributed by atoms with Crippen molar-refractivity contribution in [2.24, 2.45) is 30.7 Å². The van der Waals surface area contributed by atoms with Gasteiger partial charge in [-0.05, 0) is 37.1 Å². The van der Waals surface area contributed by atoms with Crippen LogP contribution in [0, 0.1) is 0 Å². The molecule has 0 aliphatic carbocycles. The van der Waals surface area contributed by atoms with Crippen molar-refractivity contribution in [3.63, 3.8) is 0 Å². The largest absolute Gasteiger partial charge is 0.218 e. The summed E-state index contributed by atoms with van der Waals surface area (Å²) in [7, 11) is 0. The molecule has 0 aromatic heterocycles. The Bertz CT molecular complexity index is 692. The van der Waals surface area contributed by atoms with E-state index in [0.717, 1.165) is 17.1 Å². The Balaban J connectivity index is 2.39. The highest BCUT2D eigenvalue weighted by molar-refractivity contribution is 6.91. The second-order valence-electron chi connectivity index (χ2n) is 8.81. The summed E-state index contributed by atoms with van der Waals surface area (Å²) in [6, 6.07) is 0. The van der Waals surface area contributed by atoms with Gasteiger partial charge < -0.3 is 0 Å². The molecular weight excluding hydrogens is 311 g/mol. The fourth-order valence-electron chi connectivity index (χ4n) is 6.47. The SMILES string of the molecule is CC1=CC(C)([B-](C(C)C)(C2(C)C=C(C)N=N2)C2(C)C=C(C)N=N2)N=N1. The predicted octanol–water partition coefficient (Wildman–Crippen LogP) is 5.85. The van der Waals surface area contributed by atoms with Crippen LogP contribution < -0.4 is 0 Å². The zero-order chi connectivity index (χ0) is 18.7. The van der Waals surface area contributed by atoms with Crippen LogP contribution in [-0.4, -0.2) is 22.5 Å². The topological polar surface area (TPSA) is 74.2 Å². The number of azo groups is 3. The molecule has 134 valence electrons. The second kappa shape index (κ2) is 5.29. The van der Waals surface area contributed by atoms with E-state index in [1.165, 1.54) is 0 Å². The van der Waals surface area contributed by atoms with Crippen LogP contribution in [0.3, 0.4) is 0 Å². The number of rotatable bonds is 4. The molecule has 0 saturated heterocycles. The molecule has 3 unspecified atom stereocenters. The molecule has 0 amide bonds. The van der Waals surface area contributed by atoms with Crippen LogP contribution in [0.5, 0.6) is 0 Å². The smallest absolute Gasteiger partial charge is 0.112 e. The van der Waals surface area contributed by atoms with Gasteiger partial charge in [0.1, 0.15) is 6.15 Å². The van der Waals surface area contributed by atoms with Crippen molar-refractivity contribution in [1.29, 1.82) is 0 Å². The fraction of sp³-hybridized carbons (Fsp3) is 0.667. The fourth-order valence-corrected chi connectivity index (χ4v) is 6.47. The van der Waals surface area contributed by atoms with Gasteiger partial charge in [0.2, 0.25) is 0 Å². The van der Waals surface area contributed by atoms with Crippen molar-refractivity contribution >= 4 is 6.15 Å². The van der Waals surface area contributed by atoms with Gasteiger partial charge in [-0.25, -0.2) is 15.3 Å². The number of hydrogen-bond acceptors (Lipinski definition) is 6. The van der Waals surface area contributed by atoms with Crippen molar-refractivity contribution in [1.82, 2.24) is 0 Å². The van der Waals surface area contributed by atoms with Crippen LogP contribution in [-0.2, 0) is 0 Å². The van der Waals surface area contributed by atoms with Gasteiger partial charge in [-0.3, -0.25) is 0 Å². The van der Waals surface area contributed by atoms with Crippen LogP contribution in [0.1, 0.15) is 55.4 Å². The number of hydrogen-bond donors (Lipinski definition) is 0. The van der Waals surface area contributed by atoms with E-state index in [1.807, 2.05) is 20.8 Å². The van der Waals surface area contributed by atoms with E-state index in [1.54, 1.807) is 0 Å². The second-order valence-corrected chi connectivity index (χ2v) is 8.81. The van der Waals surface area contributed by atoms with Crippen molar-refractivity contribution in [3.8, 4) is 0 Å². The summed E-state index contributed by atoms with van der Waals surface area (Å²) in [6.07, 6.45) is 5.09. The van der Waals surface area contributed by atoms with Gasteiger partial charge in [-0.2, -0.15) is 21.2 Å². The molecule has 6 nitrogen and oxygen atoms in total. The molecule has 0 fully saturated rings. The molecule has 0 radical (unpaired) electrons. The quantitative estimate of drug-likeness (QED) is 0.576. The molecule has 0 N–H and O–H groups in total. The Hall–Kier alpha value is -1.92. The first-order valence-corrected chi connectivity index (χ1v) is 9.03. The van der Waals surface area contributed by atoms with Crippen molar-refractivity contribution in [2.75, 3.05) is 0 Å². The molecular formula is C18H28BN6-. The first-order chi connectivity index (χ1) is 11.5. The monoisotopic (exact) mass is 339 g/mol. The highest BCUT2D eigenvalue weighted by Gasteiger charge is 2.65. The van der Waals surface area contributed by atoms with Crippen molar-refractivity contribution < 1.29 is 0 Å². The Morgan fingerprint density at radius 2 is 0.960 bits per heavy atom. The Labute approximate surface area is 150 Å². The lowest BCUT2D eigenvalue weighted by Crippen LogP contribution is -2.78. The average Bonchev–Trinajstić information content (AvgIpc) is 3.11. The lowest BCUT2D eigenvalue weighted by molar-refractivity contribution is 0.559. The van der Waals surface area contributed by atoms with Crippen LogP contribution in [0.15, 0.2) is 66.0 Å². The highest BCUT2D eigenvalue weighted by atomic mass is 15.2. The molecule has 0 aromatic carbocycles. The van der Waals surface area contributed by atoms with Crippen molar-refractivity contribution in [2.45, 2.75) is 77.5 Å². The van der Waals surface area contributed by atoms with E-state index in [-0.39, 0.29) is 5.82 Å². The summed E-state index contributed by atoms with van der Waals surface area (Å²) in [5.74, 6) is 0.253. The van der Waals surface area contributed by atoms with Gasteiger partial charge >= 0.3 is 0 Å². The van der Waals surface area contributed by atoms with Gasteiger partial charge in [-0.1, -0.05) is 52.8 Å². The van der Waals surface area contributed by atoms with Gasteiger partial charge in [0.15, 0.2) is 0 Å². The van der Waals surface area contributed by atoms with Crippen LogP contribution in [0.2, 0.25) is 5.82 Å². The van der Waals surface area contributed by atoms with E-state index in [2.05, 4.69) is 68.2 Å². The maximum atomic E-state index is 4.77. The minimum atomic E-state index is -1.45. The third kappa shape index (κ3) is 2.17. The van der Waals surface area contributed by atoms with E-state index >= 15 is 0 Å². The lowest BCUT2D eigenvalue weighted by Gasteiger charge is -2.64. The van der Waals surface area contributed by atoms with Crippen LogP contribution >= 0.6 is 0 Å². The van der Waals surface area contributed by atoms with Crippen molar-refractivity contribution in [3.05, 3.63) is 35.3 Å². The molecule has 3 rings (SSSR count). The highest BCUT2D eigenvalue weighted by Crippen LogP contribution is 2.57. The summed E-state index contributed by atoms with van der Waals surface area (Å²) in [5.41, 5.74) is 1.28. The van der Waals surface area contributed by atoms with Crippen LogP contribution in [0.4, 0.5) is 0 Å². The van der Waals surface area contributed by atoms with E-state index in [4.69, 9.17) is 15.3 Å². The predicted molar refractivity (Wildman–Crippen MR) is 102 cm³/mol. The molecule has 3 heterocycles. The summed E-state index contributed by atoms with van der Waals surface area (Å²) in [6.45, 7) is 17.0. The molecule has 0 bridgehead atoms. The zero-order valence-electron chi connectivity index (χ0n) is 16.6. The third-order valence-corrected chi connectivity index (χ3v) is 6.54. The maximum Gasteiger partial charge on any atom is 0.112 e. The molecule has 0 saturated carbocycles. The average molecular weight is 339 g/mol. The molecule has 0 aromatic rings. The summed E-state index contributed by atoms with van der Waals surface area (Å²) < 4.78 is 0. The minimum absolute atomic E-state index is 0.253. The summed E-state index contributed by atoms with van der Waals surface area (Å²) in [5, 5.41) is 27.5. The van der Waals surface area contributed by atoms with Gasteiger partial charge in [0, 0.05) is 0 Å². The lowest BCUT2D eigenvalue weighted by atomic mass is 8.99. The standard InChI is InChI=1S/C18H28BN6/c1-12(2)19(16(6)9-13(3)20-23-16,17(7)10-14(4)21-24-17)18(8)11-15(5)22-25-18/h9-12H,1-8H3/q-1. The molecule has 3 aliphatic heterocycles. The Morgan fingerprint density at radius 1 is 0.680 bits per heavy atom. The molecule has 3 aliphatic rings. The number of allylic oxidation sites excluding steroid dienone is 3. The minimum Gasteiger partial charge on any atom is -0.218 e. The molecule has 7 heteroatoms. The van der Waals surface area contributed by atoms with Gasteiger partial charge in [0.05, 0.1) is 17.1 Å². The van der Waals surface area contributed by atoms with E-state index < -0.39 is 22.5 Å². The number of nitrogens with zero attached hydrogens (tertiary/aromatic N) is 6. The Morgan fingerprint density at radius 3 is 1.12 bits per heavy atom. The molecule has 3 atom stereocenters. The zero-order valence-corrected chi connectivity index (χ0v) is 16.6. The van der Waals surface area contributed by atoms with Crippen LogP contribution in [0.25, 0.3) is 0 Å². The van der Waals surface area contributed by atoms with Gasteiger partial charge in [-0.15, -0.1) is 0 Å². The summed E-state index contributed by atoms with van der Waals surface area (Å²) in [4.78, 5) is 0. The van der Waals surface area contributed by atoms with E-state index in [0.29, 0.717) is 0 Å². The maximum absolute atomic E-state index is 4.77. The molecule has 0 spiro atoms. The summed E-state index contributed by atoms with van der Waals surface area (Å²) >= 11 is 0. The normalized spacial score (nSPS) is 39.0. The third-order valence-electron chi connectivity index (χ3n) is 6.54. The van der Waals surface area contributed by atoms with Gasteiger partial charge in [0.25, 0.3) is 0 Å². The molecule has 25 heavy (non-hydrogen) atoms. The van der Waals surface area contributed by atoms with E-state index in [9.17, 15) is 0 Å².